The number of carboxylic acids is 2. The highest BCUT2D eigenvalue weighted by Gasteiger charge is 2.61. The molecular formula is C28H38O5. The van der Waals surface area contributed by atoms with Crippen LogP contribution in [0.5, 0.6) is 0 Å². The van der Waals surface area contributed by atoms with Gasteiger partial charge >= 0.3 is 11.9 Å². The Morgan fingerprint density at radius 3 is 1.33 bits per heavy atom. The van der Waals surface area contributed by atoms with Gasteiger partial charge in [0, 0.05) is 0 Å². The third-order valence-electron chi connectivity index (χ3n) is 10.5. The van der Waals surface area contributed by atoms with E-state index in [-0.39, 0.29) is 29.6 Å². The van der Waals surface area contributed by atoms with Gasteiger partial charge in [-0.15, -0.1) is 0 Å². The number of hydrogen-bond acceptors (Lipinski definition) is 3. The normalized spacial score (nSPS) is 44.1. The summed E-state index contributed by atoms with van der Waals surface area (Å²) < 4.78 is 5.77. The Labute approximate surface area is 196 Å². The monoisotopic (exact) mass is 454 g/mol. The molecule has 2 N–H and O–H groups in total. The minimum Gasteiger partial charge on any atom is -0.478 e. The van der Waals surface area contributed by atoms with Crippen LogP contribution in [0.3, 0.4) is 0 Å². The van der Waals surface area contributed by atoms with Crippen molar-refractivity contribution >= 4 is 11.9 Å². The quantitative estimate of drug-likeness (QED) is 0.476. The second-order valence-corrected chi connectivity index (χ2v) is 13.0. The second-order valence-electron chi connectivity index (χ2n) is 13.0. The van der Waals surface area contributed by atoms with E-state index in [1.807, 2.05) is 0 Å². The highest BCUT2D eigenvalue weighted by atomic mass is 16.5. The zero-order valence-electron chi connectivity index (χ0n) is 19.7. The highest BCUT2D eigenvalue weighted by Crippen LogP contribution is 2.71. The Bertz CT molecular complexity index is 795. The Balaban J connectivity index is 1.43. The molecular weight excluding hydrogens is 416 g/mol. The molecule has 0 unspecified atom stereocenters. The maximum absolute atomic E-state index is 12.9. The van der Waals surface area contributed by atoms with E-state index in [1.54, 1.807) is 0 Å². The molecule has 8 saturated carbocycles. The molecule has 8 fully saturated rings. The molecule has 5 heteroatoms. The van der Waals surface area contributed by atoms with Crippen molar-refractivity contribution in [2.24, 2.45) is 46.3 Å². The van der Waals surface area contributed by atoms with E-state index in [0.717, 1.165) is 74.0 Å². The fraction of sp³-hybridized carbons (Fsp3) is 0.786. The van der Waals surface area contributed by atoms with Crippen LogP contribution in [0.15, 0.2) is 23.3 Å². The third-order valence-corrected chi connectivity index (χ3v) is 10.5. The molecule has 0 aliphatic heterocycles. The SMILES string of the molecule is C=C(COCC(C(=O)O)=C(C12CC3CC(CC(C3)C1)C2)C12CC3CC(CC(C3)C1)C2)C(=O)O. The van der Waals surface area contributed by atoms with Crippen LogP contribution in [-0.2, 0) is 14.3 Å². The highest BCUT2D eigenvalue weighted by molar-refractivity contribution is 5.89. The van der Waals surface area contributed by atoms with E-state index in [4.69, 9.17) is 9.84 Å². The lowest BCUT2D eigenvalue weighted by Crippen LogP contribution is -2.55. The molecule has 180 valence electrons. The molecule has 0 saturated heterocycles. The Kier molecular flexibility index (Phi) is 5.10. The lowest BCUT2D eigenvalue weighted by molar-refractivity contribution is -0.134. The van der Waals surface area contributed by atoms with Crippen molar-refractivity contribution in [1.29, 1.82) is 0 Å². The van der Waals surface area contributed by atoms with Crippen LogP contribution in [0, 0.1) is 46.3 Å². The molecule has 8 aliphatic carbocycles. The summed E-state index contributed by atoms with van der Waals surface area (Å²) in [5, 5.41) is 19.7. The van der Waals surface area contributed by atoms with Gasteiger partial charge < -0.3 is 14.9 Å². The van der Waals surface area contributed by atoms with E-state index in [2.05, 4.69) is 6.58 Å². The van der Waals surface area contributed by atoms with Gasteiger partial charge in [-0.1, -0.05) is 6.58 Å². The van der Waals surface area contributed by atoms with Gasteiger partial charge in [0.2, 0.25) is 0 Å². The van der Waals surface area contributed by atoms with E-state index in [1.165, 1.54) is 44.1 Å². The van der Waals surface area contributed by atoms with Crippen molar-refractivity contribution in [1.82, 2.24) is 0 Å². The largest absolute Gasteiger partial charge is 0.478 e. The van der Waals surface area contributed by atoms with Crippen LogP contribution in [0.2, 0.25) is 0 Å². The molecule has 0 radical (unpaired) electrons. The first-order valence-electron chi connectivity index (χ1n) is 13.2. The lowest BCUT2D eigenvalue weighted by atomic mass is 9.39. The summed E-state index contributed by atoms with van der Waals surface area (Å²) in [5.41, 5.74) is 1.78. The minimum atomic E-state index is -1.08. The molecule has 0 heterocycles. The molecule has 5 nitrogen and oxygen atoms in total. The minimum absolute atomic E-state index is 0.000463. The molecule has 8 rings (SSSR count). The number of allylic oxidation sites excluding steroid dienone is 1. The van der Waals surface area contributed by atoms with Crippen molar-refractivity contribution < 1.29 is 24.5 Å². The molecule has 8 aliphatic rings. The molecule has 8 bridgehead atoms. The lowest BCUT2D eigenvalue weighted by Gasteiger charge is -2.65. The van der Waals surface area contributed by atoms with Crippen molar-refractivity contribution in [2.45, 2.75) is 77.0 Å². The number of hydrogen-bond donors (Lipinski definition) is 2. The zero-order valence-corrected chi connectivity index (χ0v) is 19.7. The predicted octanol–water partition coefficient (Wildman–Crippen LogP) is 5.46. The van der Waals surface area contributed by atoms with E-state index < -0.39 is 11.9 Å². The summed E-state index contributed by atoms with van der Waals surface area (Å²) in [7, 11) is 0. The second kappa shape index (κ2) is 7.69. The molecule has 0 aromatic heterocycles. The average molecular weight is 455 g/mol. The summed E-state index contributed by atoms with van der Waals surface area (Å²) in [6.07, 6.45) is 15.0. The average Bonchev–Trinajstić information content (AvgIpc) is 2.70. The van der Waals surface area contributed by atoms with E-state index >= 15 is 0 Å². The van der Waals surface area contributed by atoms with Gasteiger partial charge in [-0.05, 0) is 129 Å². The number of carbonyl (C=O) groups is 2. The topological polar surface area (TPSA) is 83.8 Å². The maximum atomic E-state index is 12.9. The van der Waals surface area contributed by atoms with Crippen LogP contribution in [0.4, 0.5) is 0 Å². The van der Waals surface area contributed by atoms with Gasteiger partial charge in [0.1, 0.15) is 0 Å². The van der Waals surface area contributed by atoms with Crippen molar-refractivity contribution in [2.75, 3.05) is 13.2 Å². The summed E-state index contributed by atoms with van der Waals surface area (Å²) in [6.45, 7) is 3.44. The van der Waals surface area contributed by atoms with Crippen LogP contribution in [0.1, 0.15) is 77.0 Å². The molecule has 0 amide bonds. The van der Waals surface area contributed by atoms with Crippen LogP contribution in [0.25, 0.3) is 0 Å². The molecule has 0 spiro atoms. The molecule has 0 atom stereocenters. The summed E-state index contributed by atoms with van der Waals surface area (Å²) >= 11 is 0. The number of ether oxygens (including phenoxy) is 1. The zero-order chi connectivity index (χ0) is 23.0. The van der Waals surface area contributed by atoms with E-state index in [0.29, 0.717) is 5.57 Å². The van der Waals surface area contributed by atoms with Crippen molar-refractivity contribution in [3.8, 4) is 0 Å². The van der Waals surface area contributed by atoms with Gasteiger partial charge in [0.15, 0.2) is 0 Å². The third kappa shape index (κ3) is 3.61. The summed E-state index contributed by atoms with van der Waals surface area (Å²) in [6, 6.07) is 0. The van der Waals surface area contributed by atoms with Gasteiger partial charge in [0.25, 0.3) is 0 Å². The predicted molar refractivity (Wildman–Crippen MR) is 123 cm³/mol. The van der Waals surface area contributed by atoms with E-state index in [9.17, 15) is 14.7 Å². The van der Waals surface area contributed by atoms with Gasteiger partial charge in [0.05, 0.1) is 24.4 Å². The number of aliphatic carboxylic acids is 2. The molecule has 0 aromatic carbocycles. The molecule has 0 aromatic rings. The smallest absolute Gasteiger partial charge is 0.333 e. The Hall–Kier alpha value is -1.62. The van der Waals surface area contributed by atoms with Crippen LogP contribution >= 0.6 is 0 Å². The summed E-state index contributed by atoms with van der Waals surface area (Å²) in [4.78, 5) is 24.1. The number of rotatable bonds is 8. The van der Waals surface area contributed by atoms with Crippen LogP contribution < -0.4 is 0 Å². The summed E-state index contributed by atoms with van der Waals surface area (Å²) in [5.74, 6) is 2.58. The standard InChI is InChI=1S/C28H38O5/c1-16(25(29)30)14-33-15-23(26(31)32)24(27-8-17-2-18(9-27)4-19(3-17)10-27)28-11-20-5-21(12-28)7-22(6-20)13-28/h17-22H,1-15H2,(H,29,30)(H,31,32). The van der Waals surface area contributed by atoms with Gasteiger partial charge in [-0.2, -0.15) is 0 Å². The first-order chi connectivity index (χ1) is 15.8. The van der Waals surface area contributed by atoms with Gasteiger partial charge in [-0.3, -0.25) is 0 Å². The fourth-order valence-corrected chi connectivity index (χ4v) is 10.6. The van der Waals surface area contributed by atoms with Crippen LogP contribution in [-0.4, -0.2) is 35.4 Å². The first kappa shape index (κ1) is 21.9. The Morgan fingerprint density at radius 2 is 1.03 bits per heavy atom. The number of carboxylic acid groups (broad SMARTS) is 2. The van der Waals surface area contributed by atoms with Gasteiger partial charge in [-0.25, -0.2) is 9.59 Å². The maximum Gasteiger partial charge on any atom is 0.333 e. The Morgan fingerprint density at radius 1 is 0.667 bits per heavy atom. The first-order valence-corrected chi connectivity index (χ1v) is 13.2. The van der Waals surface area contributed by atoms with Crippen molar-refractivity contribution in [3.05, 3.63) is 23.3 Å². The molecule has 33 heavy (non-hydrogen) atoms. The fourth-order valence-electron chi connectivity index (χ4n) is 10.6. The van der Waals surface area contributed by atoms with Crippen molar-refractivity contribution in [3.63, 3.8) is 0 Å².